The molecule has 0 radical (unpaired) electrons. The Hall–Kier alpha value is -3.74. The molecule has 1 aliphatic heterocycles. The Morgan fingerprint density at radius 2 is 1.69 bits per heavy atom. The highest BCUT2D eigenvalue weighted by atomic mass is 19.1. The van der Waals surface area contributed by atoms with Crippen LogP contribution in [-0.2, 0) is 16.1 Å². The number of carbonyl (C=O) groups is 3. The lowest BCUT2D eigenvalue weighted by Crippen LogP contribution is -2.48. The first kappa shape index (κ1) is 25.4. The van der Waals surface area contributed by atoms with Crippen LogP contribution in [0.15, 0.2) is 60.7 Å². The third-order valence-corrected chi connectivity index (χ3v) is 6.54. The lowest BCUT2D eigenvalue weighted by molar-refractivity contribution is -0.140. The Morgan fingerprint density at radius 1 is 1.00 bits per heavy atom. The van der Waals surface area contributed by atoms with Crippen molar-refractivity contribution in [1.29, 1.82) is 0 Å². The van der Waals surface area contributed by atoms with Gasteiger partial charge in [-0.05, 0) is 54.5 Å². The van der Waals surface area contributed by atoms with Gasteiger partial charge in [0.2, 0.25) is 11.8 Å². The first-order valence-electron chi connectivity index (χ1n) is 12.4. The maximum Gasteiger partial charge on any atom is 0.258 e. The first-order chi connectivity index (χ1) is 17.3. The summed E-state index contributed by atoms with van der Waals surface area (Å²) in [5.74, 6) is -0.539. The SMILES string of the molecule is CC(C)CNC(=O)[C@H](C)N(Cc1ccc(F)cc1)C(=O)CCCN1C(=O)c2cccc3cccc1c23. The van der Waals surface area contributed by atoms with Gasteiger partial charge in [-0.3, -0.25) is 14.4 Å². The molecule has 0 aliphatic carbocycles. The molecule has 3 aromatic carbocycles. The highest BCUT2D eigenvalue weighted by Gasteiger charge is 2.30. The number of rotatable bonds is 10. The zero-order valence-electron chi connectivity index (χ0n) is 21.0. The van der Waals surface area contributed by atoms with E-state index in [1.54, 1.807) is 24.0 Å². The number of nitrogens with zero attached hydrogens (tertiary/aromatic N) is 2. The largest absolute Gasteiger partial charge is 0.354 e. The summed E-state index contributed by atoms with van der Waals surface area (Å²) in [6.07, 6.45) is 0.633. The highest BCUT2D eigenvalue weighted by molar-refractivity contribution is 6.25. The van der Waals surface area contributed by atoms with Crippen molar-refractivity contribution in [2.75, 3.05) is 18.0 Å². The third kappa shape index (κ3) is 5.40. The molecule has 0 saturated heterocycles. The number of amides is 3. The number of halogens is 1. The summed E-state index contributed by atoms with van der Waals surface area (Å²) in [5, 5.41) is 4.86. The molecular formula is C29H32FN3O3. The molecule has 0 unspecified atom stereocenters. The molecular weight excluding hydrogens is 457 g/mol. The summed E-state index contributed by atoms with van der Waals surface area (Å²) >= 11 is 0. The van der Waals surface area contributed by atoms with Crippen molar-refractivity contribution in [3.63, 3.8) is 0 Å². The van der Waals surface area contributed by atoms with Crippen LogP contribution in [0, 0.1) is 11.7 Å². The molecule has 6 nitrogen and oxygen atoms in total. The normalized spacial score (nSPS) is 13.4. The van der Waals surface area contributed by atoms with Crippen molar-refractivity contribution >= 4 is 34.2 Å². The number of anilines is 1. The molecule has 0 fully saturated rings. The Kier molecular flexibility index (Phi) is 7.67. The van der Waals surface area contributed by atoms with Crippen molar-refractivity contribution < 1.29 is 18.8 Å². The van der Waals surface area contributed by atoms with Crippen LogP contribution in [0.3, 0.4) is 0 Å². The topological polar surface area (TPSA) is 69.7 Å². The first-order valence-corrected chi connectivity index (χ1v) is 12.4. The quantitative estimate of drug-likeness (QED) is 0.440. The van der Waals surface area contributed by atoms with Gasteiger partial charge in [0.05, 0.1) is 5.69 Å². The van der Waals surface area contributed by atoms with E-state index in [0.717, 1.165) is 22.0 Å². The molecule has 0 spiro atoms. The second-order valence-corrected chi connectivity index (χ2v) is 9.70. The average molecular weight is 490 g/mol. The number of carbonyl (C=O) groups excluding carboxylic acids is 3. The monoisotopic (exact) mass is 489 g/mol. The van der Waals surface area contributed by atoms with Crippen LogP contribution < -0.4 is 10.2 Å². The Bertz CT molecular complexity index is 1270. The summed E-state index contributed by atoms with van der Waals surface area (Å²) in [7, 11) is 0. The standard InChI is InChI=1S/C29H32FN3O3/c1-19(2)17-31-28(35)20(3)33(18-21-12-14-23(30)15-13-21)26(34)11-6-16-32-25-10-5-8-22-7-4-9-24(27(22)25)29(32)36/h4-5,7-10,12-15,19-20H,6,11,16-18H2,1-3H3,(H,31,35)/t20-/m0/s1. The van der Waals surface area contributed by atoms with E-state index in [-0.39, 0.29) is 42.4 Å². The fourth-order valence-corrected chi connectivity index (χ4v) is 4.55. The molecule has 1 N–H and O–H groups in total. The smallest absolute Gasteiger partial charge is 0.258 e. The predicted octanol–water partition coefficient (Wildman–Crippen LogP) is 4.91. The minimum Gasteiger partial charge on any atom is -0.354 e. The van der Waals surface area contributed by atoms with Crippen molar-refractivity contribution in [3.8, 4) is 0 Å². The number of hydrogen-bond acceptors (Lipinski definition) is 3. The molecule has 3 aromatic rings. The van der Waals surface area contributed by atoms with Crippen LogP contribution >= 0.6 is 0 Å². The molecule has 188 valence electrons. The van der Waals surface area contributed by atoms with E-state index in [9.17, 15) is 18.8 Å². The van der Waals surface area contributed by atoms with Crippen LogP contribution in [0.2, 0.25) is 0 Å². The summed E-state index contributed by atoms with van der Waals surface area (Å²) in [6, 6.07) is 16.8. The van der Waals surface area contributed by atoms with Crippen molar-refractivity contribution in [2.45, 2.75) is 46.2 Å². The van der Waals surface area contributed by atoms with Gasteiger partial charge < -0.3 is 15.1 Å². The van der Waals surface area contributed by atoms with Crippen molar-refractivity contribution in [3.05, 3.63) is 77.6 Å². The number of nitrogens with one attached hydrogen (secondary N) is 1. The van der Waals surface area contributed by atoms with E-state index in [0.29, 0.717) is 25.1 Å². The minimum atomic E-state index is -0.687. The van der Waals surface area contributed by atoms with E-state index >= 15 is 0 Å². The van der Waals surface area contributed by atoms with Crippen LogP contribution in [0.1, 0.15) is 49.5 Å². The highest BCUT2D eigenvalue weighted by Crippen LogP contribution is 2.37. The second-order valence-electron chi connectivity index (χ2n) is 9.70. The van der Waals surface area contributed by atoms with Gasteiger partial charge in [-0.1, -0.05) is 50.2 Å². The summed E-state index contributed by atoms with van der Waals surface area (Å²) in [5.41, 5.74) is 2.29. The van der Waals surface area contributed by atoms with E-state index in [1.165, 1.54) is 17.0 Å². The zero-order valence-corrected chi connectivity index (χ0v) is 21.0. The van der Waals surface area contributed by atoms with Gasteiger partial charge in [0.1, 0.15) is 11.9 Å². The molecule has 36 heavy (non-hydrogen) atoms. The van der Waals surface area contributed by atoms with Crippen LogP contribution in [0.4, 0.5) is 10.1 Å². The summed E-state index contributed by atoms with van der Waals surface area (Å²) < 4.78 is 13.4. The second kappa shape index (κ2) is 10.9. The van der Waals surface area contributed by atoms with Gasteiger partial charge in [-0.2, -0.15) is 0 Å². The van der Waals surface area contributed by atoms with Gasteiger partial charge in [-0.25, -0.2) is 4.39 Å². The van der Waals surface area contributed by atoms with E-state index in [2.05, 4.69) is 5.32 Å². The maximum absolute atomic E-state index is 13.4. The molecule has 3 amide bonds. The fraction of sp³-hybridized carbons (Fsp3) is 0.345. The molecule has 1 aliphatic rings. The van der Waals surface area contributed by atoms with Gasteiger partial charge in [-0.15, -0.1) is 0 Å². The van der Waals surface area contributed by atoms with Gasteiger partial charge >= 0.3 is 0 Å². The van der Waals surface area contributed by atoms with Crippen LogP contribution in [-0.4, -0.2) is 41.8 Å². The molecule has 1 atom stereocenters. The van der Waals surface area contributed by atoms with Gasteiger partial charge in [0, 0.05) is 37.0 Å². The maximum atomic E-state index is 13.4. The molecule has 0 aromatic heterocycles. The van der Waals surface area contributed by atoms with Gasteiger partial charge in [0.15, 0.2) is 0 Å². The summed E-state index contributed by atoms with van der Waals surface area (Å²) in [4.78, 5) is 42.4. The molecule has 1 heterocycles. The minimum absolute atomic E-state index is 0.0566. The molecule has 4 rings (SSSR count). The number of benzene rings is 3. The lowest BCUT2D eigenvalue weighted by Gasteiger charge is -2.29. The van der Waals surface area contributed by atoms with Crippen LogP contribution in [0.5, 0.6) is 0 Å². The molecule has 0 bridgehead atoms. The Morgan fingerprint density at radius 3 is 2.39 bits per heavy atom. The van der Waals surface area contributed by atoms with Crippen molar-refractivity contribution in [2.24, 2.45) is 5.92 Å². The van der Waals surface area contributed by atoms with E-state index in [1.807, 2.05) is 50.2 Å². The Labute approximate surface area is 211 Å². The molecule has 0 saturated carbocycles. The van der Waals surface area contributed by atoms with Crippen molar-refractivity contribution in [1.82, 2.24) is 10.2 Å². The summed E-state index contributed by atoms with van der Waals surface area (Å²) in [6.45, 7) is 6.83. The number of hydrogen-bond donors (Lipinski definition) is 1. The lowest BCUT2D eigenvalue weighted by atomic mass is 10.1. The van der Waals surface area contributed by atoms with Gasteiger partial charge in [0.25, 0.3) is 5.91 Å². The van der Waals surface area contributed by atoms with E-state index in [4.69, 9.17) is 0 Å². The predicted molar refractivity (Wildman–Crippen MR) is 139 cm³/mol. The van der Waals surface area contributed by atoms with E-state index < -0.39 is 6.04 Å². The zero-order chi connectivity index (χ0) is 25.8. The fourth-order valence-electron chi connectivity index (χ4n) is 4.55. The third-order valence-electron chi connectivity index (χ3n) is 6.54. The Balaban J connectivity index is 1.45. The average Bonchev–Trinajstić information content (AvgIpc) is 3.14. The van der Waals surface area contributed by atoms with Crippen LogP contribution in [0.25, 0.3) is 10.8 Å². The molecule has 7 heteroatoms.